The highest BCUT2D eigenvalue weighted by molar-refractivity contribution is 6.00. The van der Waals surface area contributed by atoms with Crippen LogP contribution >= 0.6 is 0 Å². The Morgan fingerprint density at radius 1 is 0.287 bits per heavy atom. The zero-order chi connectivity index (χ0) is 64.3. The van der Waals surface area contributed by atoms with Gasteiger partial charge in [-0.25, -0.2) is 0 Å². The topological polar surface area (TPSA) is 207 Å². The predicted octanol–water partition coefficient (Wildman–Crippen LogP) is 22.1. The molecular weight excluding hydrogens is 1100 g/mol. The number of rotatable bonds is 66. The summed E-state index contributed by atoms with van der Waals surface area (Å²) in [6.45, 7) is 8.31. The lowest BCUT2D eigenvalue weighted by Gasteiger charge is -2.14. The number of aliphatic hydroxyl groups excluding tert-OH is 2. The molecule has 0 fully saturated rings. The summed E-state index contributed by atoms with van der Waals surface area (Å²) in [6.07, 6.45) is 77.4. The van der Waals surface area contributed by atoms with E-state index in [9.17, 15) is 29.1 Å². The van der Waals surface area contributed by atoms with Crippen molar-refractivity contribution in [3.63, 3.8) is 0 Å². The molecule has 0 saturated carbocycles. The summed E-state index contributed by atoms with van der Waals surface area (Å²) in [6, 6.07) is 0. The Hall–Kier alpha value is -2.26. The molecule has 0 heterocycles. The number of hydrogen-bond acceptors (Lipinski definition) is 7. The zero-order valence-electron chi connectivity index (χ0n) is 57.4. The molecule has 0 bridgehead atoms. The van der Waals surface area contributed by atoms with Gasteiger partial charge in [-0.1, -0.05) is 361 Å². The van der Waals surface area contributed by atoms with E-state index < -0.39 is 48.3 Å². The van der Waals surface area contributed by atoms with Crippen LogP contribution in [0.4, 0.5) is 0 Å². The van der Waals surface area contributed by atoms with Crippen molar-refractivity contribution in [2.45, 2.75) is 425 Å². The third-order valence-corrected chi connectivity index (χ3v) is 16.6. The second-order valence-corrected chi connectivity index (χ2v) is 25.3. The molecule has 0 aliphatic heterocycles. The molecule has 0 aliphatic rings. The number of aliphatic hydroxyl groups is 2. The second-order valence-electron chi connectivity index (χ2n) is 25.3. The van der Waals surface area contributed by atoms with Gasteiger partial charge >= 0.3 is 23.9 Å². The first kappa shape index (κ1) is 93.5. The Labute approximate surface area is 549 Å². The van der Waals surface area contributed by atoms with Gasteiger partial charge in [-0.05, 0) is 51.4 Å². The number of allylic oxidation sites excluding steroid dienone is 2. The Morgan fingerprint density at radius 3 is 0.655 bits per heavy atom. The molecule has 0 aromatic heterocycles. The van der Waals surface area contributed by atoms with Crippen molar-refractivity contribution in [1.82, 2.24) is 0 Å². The van der Waals surface area contributed by atoms with Crippen molar-refractivity contribution < 1.29 is 54.6 Å². The molecular formula is C75H149AlO11. The van der Waals surface area contributed by atoms with Crippen molar-refractivity contribution in [2.24, 2.45) is 5.92 Å². The number of carboxylic acid groups (broad SMARTS) is 4. The van der Waals surface area contributed by atoms with Crippen LogP contribution in [0.3, 0.4) is 0 Å². The lowest BCUT2D eigenvalue weighted by atomic mass is 9.93. The average molecular weight is 1250 g/mol. The molecule has 87 heavy (non-hydrogen) atoms. The standard InChI is InChI=1S/C21H38O5.3C18H36O2.Al.3H/c1-2-3-4-5-6-7-8-9-10-11-12-13-14-15-16-18(21(25)26)20(24)19(23)17-22;3*1-2-3-4-5-6-7-8-9-10-11-12-13-14-15-16-17-18(19)20;;;;/h9-10,18-19,22-23H,2-8,11-17H2,1H3,(H,25,26);3*2-17H2,1H3,(H,19,20);;;;/b10-9-;;;;;;;. The van der Waals surface area contributed by atoms with E-state index in [1.807, 2.05) is 0 Å². The molecule has 2 unspecified atom stereocenters. The summed E-state index contributed by atoms with van der Waals surface area (Å²) in [4.78, 5) is 53.8. The second kappa shape index (κ2) is 83.7. The molecule has 0 saturated heterocycles. The van der Waals surface area contributed by atoms with Crippen LogP contribution in [0.25, 0.3) is 0 Å². The third-order valence-electron chi connectivity index (χ3n) is 16.6. The lowest BCUT2D eigenvalue weighted by molar-refractivity contribution is -0.150. The molecule has 0 spiro atoms. The van der Waals surface area contributed by atoms with Crippen molar-refractivity contribution in [1.29, 1.82) is 0 Å². The van der Waals surface area contributed by atoms with E-state index in [1.54, 1.807) is 0 Å². The minimum Gasteiger partial charge on any atom is -0.481 e. The van der Waals surface area contributed by atoms with Crippen molar-refractivity contribution in [3.8, 4) is 0 Å². The van der Waals surface area contributed by atoms with Crippen molar-refractivity contribution in [2.75, 3.05) is 6.61 Å². The molecule has 2 atom stereocenters. The fraction of sp³-hybridized carbons (Fsp3) is 0.907. The number of hydrogen-bond donors (Lipinski definition) is 6. The Morgan fingerprint density at radius 2 is 0.471 bits per heavy atom. The minimum atomic E-state index is -1.59. The molecule has 0 aliphatic carbocycles. The van der Waals surface area contributed by atoms with E-state index in [2.05, 4.69) is 39.8 Å². The van der Waals surface area contributed by atoms with Gasteiger partial charge in [0.15, 0.2) is 23.1 Å². The predicted molar refractivity (Wildman–Crippen MR) is 376 cm³/mol. The van der Waals surface area contributed by atoms with Gasteiger partial charge in [0.1, 0.15) is 12.0 Å². The first-order valence-electron chi connectivity index (χ1n) is 37.2. The number of carboxylic acids is 4. The van der Waals surface area contributed by atoms with Crippen LogP contribution in [0, 0.1) is 5.92 Å². The number of ketones is 1. The number of unbranched alkanes of at least 4 members (excludes halogenated alkanes) is 52. The Bertz CT molecular complexity index is 1300. The summed E-state index contributed by atoms with van der Waals surface area (Å²) in [5.74, 6) is -5.19. The largest absolute Gasteiger partial charge is 0.481 e. The monoisotopic (exact) mass is 1250 g/mol. The minimum absolute atomic E-state index is 0. The number of Topliss-reactive ketones (excluding diaryl/α,β-unsaturated/α-hetero) is 1. The summed E-state index contributed by atoms with van der Waals surface area (Å²) in [5, 5.41) is 52.7. The maximum Gasteiger partial charge on any atom is 0.314 e. The maximum atomic E-state index is 11.7. The summed E-state index contributed by atoms with van der Waals surface area (Å²) in [7, 11) is 0. The SMILES string of the molecule is CCCCCCCC/C=C\CCCCCCC(C(=O)O)C(=O)C(O)CO.CCCCCCCCCCCCCCCCCC(=O)O.CCCCCCCCCCCCCCCCCC(=O)O.CCCCCCCCCCCCCCCCCC(=O)O.[AlH3]. The maximum absolute atomic E-state index is 11.7. The normalized spacial score (nSPS) is 11.6. The molecule has 12 heteroatoms. The number of carbonyl (C=O) groups excluding carboxylic acids is 1. The van der Waals surface area contributed by atoms with Gasteiger partial charge in [-0.3, -0.25) is 24.0 Å². The fourth-order valence-corrected chi connectivity index (χ4v) is 10.9. The molecule has 0 aromatic carbocycles. The number of aliphatic carboxylic acids is 4. The summed E-state index contributed by atoms with van der Waals surface area (Å²) in [5.41, 5.74) is 0. The van der Waals surface area contributed by atoms with E-state index in [0.29, 0.717) is 25.7 Å². The van der Waals surface area contributed by atoms with Gasteiger partial charge in [0.25, 0.3) is 0 Å². The van der Waals surface area contributed by atoms with Gasteiger partial charge in [-0.2, -0.15) is 0 Å². The van der Waals surface area contributed by atoms with E-state index in [4.69, 9.17) is 25.5 Å². The third kappa shape index (κ3) is 90.2. The molecule has 0 aromatic rings. The van der Waals surface area contributed by atoms with Crippen LogP contribution in [-0.4, -0.2) is 90.4 Å². The van der Waals surface area contributed by atoms with Crippen LogP contribution in [0.5, 0.6) is 0 Å². The molecule has 0 radical (unpaired) electrons. The highest BCUT2D eigenvalue weighted by Gasteiger charge is 2.30. The van der Waals surface area contributed by atoms with Crippen LogP contribution in [-0.2, 0) is 24.0 Å². The smallest absolute Gasteiger partial charge is 0.314 e. The van der Waals surface area contributed by atoms with Crippen LogP contribution in [0.1, 0.15) is 419 Å². The van der Waals surface area contributed by atoms with Gasteiger partial charge in [-0.15, -0.1) is 0 Å². The van der Waals surface area contributed by atoms with E-state index in [0.717, 1.165) is 70.6 Å². The quantitative estimate of drug-likeness (QED) is 0.0146. The average Bonchev–Trinajstić information content (AvgIpc) is 3.63. The molecule has 518 valence electrons. The molecule has 0 rings (SSSR count). The first-order valence-corrected chi connectivity index (χ1v) is 37.2. The van der Waals surface area contributed by atoms with Crippen LogP contribution < -0.4 is 0 Å². The highest BCUT2D eigenvalue weighted by atomic mass is 27.0. The van der Waals surface area contributed by atoms with Crippen LogP contribution in [0.2, 0.25) is 0 Å². The van der Waals surface area contributed by atoms with Gasteiger partial charge in [0, 0.05) is 19.3 Å². The lowest BCUT2D eigenvalue weighted by Crippen LogP contribution is -2.35. The molecule has 11 nitrogen and oxygen atoms in total. The van der Waals surface area contributed by atoms with Gasteiger partial charge in [0.05, 0.1) is 6.61 Å². The van der Waals surface area contributed by atoms with Gasteiger partial charge in [0.2, 0.25) is 0 Å². The van der Waals surface area contributed by atoms with Crippen molar-refractivity contribution >= 4 is 47.0 Å². The Balaban J connectivity index is -0.000000345. The summed E-state index contributed by atoms with van der Waals surface area (Å²) >= 11 is 0. The molecule has 6 N–H and O–H groups in total. The number of carbonyl (C=O) groups is 5. The van der Waals surface area contributed by atoms with Crippen LogP contribution in [0.15, 0.2) is 12.2 Å². The first-order chi connectivity index (χ1) is 41.9. The Kier molecular flexibility index (Phi) is 90.0. The van der Waals surface area contributed by atoms with Gasteiger partial charge < -0.3 is 30.6 Å². The summed E-state index contributed by atoms with van der Waals surface area (Å²) < 4.78 is 0. The fourth-order valence-electron chi connectivity index (χ4n) is 10.9. The zero-order valence-corrected chi connectivity index (χ0v) is 57.4. The van der Waals surface area contributed by atoms with E-state index in [-0.39, 0.29) is 23.8 Å². The highest BCUT2D eigenvalue weighted by Crippen LogP contribution is 2.19. The van der Waals surface area contributed by atoms with E-state index in [1.165, 1.54) is 289 Å². The molecule has 0 amide bonds. The van der Waals surface area contributed by atoms with E-state index >= 15 is 0 Å². The van der Waals surface area contributed by atoms with Crippen molar-refractivity contribution in [3.05, 3.63) is 12.2 Å².